The molecule has 0 fully saturated rings. The number of hydrogen-bond acceptors (Lipinski definition) is 5. The average molecular weight is 389 g/mol. The van der Waals surface area contributed by atoms with Gasteiger partial charge in [0.1, 0.15) is 11.6 Å². The van der Waals surface area contributed by atoms with Crippen molar-refractivity contribution in [1.82, 2.24) is 24.5 Å². The van der Waals surface area contributed by atoms with Crippen LogP contribution in [0.5, 0.6) is 5.75 Å². The summed E-state index contributed by atoms with van der Waals surface area (Å²) >= 11 is 0. The number of halogens is 1. The van der Waals surface area contributed by atoms with Crippen LogP contribution in [0.3, 0.4) is 0 Å². The Balaban J connectivity index is 1.73. The fourth-order valence-electron chi connectivity index (χ4n) is 3.61. The predicted molar refractivity (Wildman–Crippen MR) is 102 cm³/mol. The third-order valence-corrected chi connectivity index (χ3v) is 5.17. The van der Waals surface area contributed by atoms with E-state index in [0.717, 1.165) is 22.8 Å². The van der Waals surface area contributed by atoms with Crippen LogP contribution in [-0.2, 0) is 6.42 Å². The number of methoxy groups -OCH3 is 1. The lowest BCUT2D eigenvalue weighted by atomic mass is 10.0. The number of imidazole rings is 1. The van der Waals surface area contributed by atoms with Gasteiger partial charge >= 0.3 is 0 Å². The molecule has 4 aromatic rings. The predicted octanol–water partition coefficient (Wildman–Crippen LogP) is 3.04. The number of nitrogens with zero attached hydrogens (tertiary/aromatic N) is 5. The Morgan fingerprint density at radius 2 is 1.90 bits per heavy atom. The van der Waals surface area contributed by atoms with Crippen molar-refractivity contribution in [3.8, 4) is 17.1 Å². The molecule has 2 aromatic heterocycles. The molecule has 2 aromatic carbocycles. The van der Waals surface area contributed by atoms with Gasteiger partial charge in [-0.1, -0.05) is 5.21 Å². The third-order valence-electron chi connectivity index (χ3n) is 5.17. The molecule has 5 rings (SSSR count). The second-order valence-electron chi connectivity index (χ2n) is 6.81. The van der Waals surface area contributed by atoms with Gasteiger partial charge in [0.2, 0.25) is 5.78 Å². The molecule has 1 aliphatic rings. The minimum atomic E-state index is -0.399. The fourth-order valence-corrected chi connectivity index (χ4v) is 3.61. The molecule has 0 bridgehead atoms. The van der Waals surface area contributed by atoms with Crippen LogP contribution in [0, 0.1) is 12.7 Å². The van der Waals surface area contributed by atoms with E-state index in [0.29, 0.717) is 23.4 Å². The normalized spacial score (nSPS) is 12.0. The quantitative estimate of drug-likeness (QED) is 0.444. The minimum Gasteiger partial charge on any atom is -0.497 e. The van der Waals surface area contributed by atoms with Gasteiger partial charge in [0.15, 0.2) is 5.69 Å². The SMILES string of the molecule is COc1ccc2c(c1)-n1nnc(C(=O)c3ccc(F)cc3)c1Cc1c(C)ncn1-2. The molecule has 0 radical (unpaired) electrons. The molecule has 0 aliphatic carbocycles. The highest BCUT2D eigenvalue weighted by atomic mass is 19.1. The van der Waals surface area contributed by atoms with Crippen molar-refractivity contribution < 1.29 is 13.9 Å². The molecule has 0 N–H and O–H groups in total. The van der Waals surface area contributed by atoms with E-state index < -0.39 is 5.82 Å². The fraction of sp³-hybridized carbons (Fsp3) is 0.143. The van der Waals surface area contributed by atoms with Crippen LogP contribution in [-0.4, -0.2) is 37.4 Å². The Bertz CT molecular complexity index is 1260. The highest BCUT2D eigenvalue weighted by molar-refractivity contribution is 6.08. The van der Waals surface area contributed by atoms with Crippen molar-refractivity contribution in [3.05, 3.63) is 82.9 Å². The molecule has 0 saturated heterocycles. The van der Waals surface area contributed by atoms with Crippen LogP contribution in [0.4, 0.5) is 4.39 Å². The maximum atomic E-state index is 13.3. The second-order valence-corrected chi connectivity index (χ2v) is 6.81. The molecule has 1 aliphatic heterocycles. The standard InChI is InChI=1S/C21H16FN5O2/c1-12-17-10-19-20(21(28)13-3-5-14(22)6-4-13)24-25-27(19)18-9-15(29-2)7-8-16(18)26(17)11-23-12/h3-9,11H,10H2,1-2H3. The van der Waals surface area contributed by atoms with Gasteiger partial charge in [-0.05, 0) is 43.3 Å². The molecule has 0 amide bonds. The Hall–Kier alpha value is -3.81. The van der Waals surface area contributed by atoms with E-state index in [1.807, 2.05) is 29.7 Å². The lowest BCUT2D eigenvalue weighted by Gasteiger charge is -2.11. The lowest BCUT2D eigenvalue weighted by Crippen LogP contribution is -2.09. The molecular formula is C21H16FN5O2. The van der Waals surface area contributed by atoms with Crippen molar-refractivity contribution in [2.24, 2.45) is 0 Å². The van der Waals surface area contributed by atoms with E-state index in [4.69, 9.17) is 4.74 Å². The van der Waals surface area contributed by atoms with Gasteiger partial charge in [-0.25, -0.2) is 14.1 Å². The third kappa shape index (κ3) is 2.64. The first-order valence-corrected chi connectivity index (χ1v) is 9.03. The molecule has 7 nitrogen and oxygen atoms in total. The number of carbonyl (C=O) groups is 1. The number of benzene rings is 2. The summed E-state index contributed by atoms with van der Waals surface area (Å²) in [6.07, 6.45) is 2.19. The summed E-state index contributed by atoms with van der Waals surface area (Å²) in [4.78, 5) is 17.5. The largest absolute Gasteiger partial charge is 0.497 e. The number of ether oxygens (including phenoxy) is 1. The lowest BCUT2D eigenvalue weighted by molar-refractivity contribution is 0.103. The molecular weight excluding hydrogens is 373 g/mol. The van der Waals surface area contributed by atoms with Crippen LogP contribution in [0.15, 0.2) is 48.8 Å². The number of hydrogen-bond donors (Lipinski definition) is 0. The summed E-state index contributed by atoms with van der Waals surface area (Å²) in [7, 11) is 1.59. The summed E-state index contributed by atoms with van der Waals surface area (Å²) in [6.45, 7) is 1.93. The van der Waals surface area contributed by atoms with Crippen molar-refractivity contribution in [2.75, 3.05) is 7.11 Å². The molecule has 8 heteroatoms. The van der Waals surface area contributed by atoms with Crippen LogP contribution in [0.25, 0.3) is 11.4 Å². The van der Waals surface area contributed by atoms with E-state index in [-0.39, 0.29) is 11.5 Å². The van der Waals surface area contributed by atoms with E-state index in [1.54, 1.807) is 18.1 Å². The first-order valence-electron chi connectivity index (χ1n) is 9.03. The molecule has 0 atom stereocenters. The number of rotatable bonds is 3. The maximum absolute atomic E-state index is 13.3. The van der Waals surface area contributed by atoms with Gasteiger partial charge in [-0.15, -0.1) is 5.10 Å². The summed E-state index contributed by atoms with van der Waals surface area (Å²) in [5.41, 5.74) is 4.66. The number of ketones is 1. The van der Waals surface area contributed by atoms with Crippen molar-refractivity contribution >= 4 is 5.78 Å². The molecule has 0 unspecified atom stereocenters. The maximum Gasteiger partial charge on any atom is 0.215 e. The first-order chi connectivity index (χ1) is 14.1. The summed E-state index contributed by atoms with van der Waals surface area (Å²) in [6, 6.07) is 11.1. The summed E-state index contributed by atoms with van der Waals surface area (Å²) in [5.74, 6) is -0.0397. The Morgan fingerprint density at radius 3 is 2.66 bits per heavy atom. The van der Waals surface area contributed by atoms with Gasteiger partial charge < -0.3 is 9.30 Å². The van der Waals surface area contributed by atoms with E-state index in [2.05, 4.69) is 15.3 Å². The zero-order valence-corrected chi connectivity index (χ0v) is 15.8. The van der Waals surface area contributed by atoms with Gasteiger partial charge in [-0.3, -0.25) is 4.79 Å². The van der Waals surface area contributed by atoms with Crippen molar-refractivity contribution in [2.45, 2.75) is 13.3 Å². The van der Waals surface area contributed by atoms with Crippen LogP contribution >= 0.6 is 0 Å². The average Bonchev–Trinajstić information content (AvgIpc) is 3.28. The topological polar surface area (TPSA) is 74.8 Å². The number of fused-ring (bicyclic) bond motifs is 5. The molecule has 144 valence electrons. The Labute approximate surface area is 165 Å². The zero-order chi connectivity index (χ0) is 20.1. The van der Waals surface area contributed by atoms with E-state index >= 15 is 0 Å². The van der Waals surface area contributed by atoms with E-state index in [9.17, 15) is 9.18 Å². The molecule has 29 heavy (non-hydrogen) atoms. The second kappa shape index (κ2) is 6.37. The van der Waals surface area contributed by atoms with E-state index in [1.165, 1.54) is 24.3 Å². The zero-order valence-electron chi connectivity index (χ0n) is 15.8. The number of aryl methyl sites for hydroxylation is 1. The molecule has 3 heterocycles. The minimum absolute atomic E-state index is 0.236. The Morgan fingerprint density at radius 1 is 1.10 bits per heavy atom. The summed E-state index contributed by atoms with van der Waals surface area (Å²) < 4.78 is 22.3. The van der Waals surface area contributed by atoms with Crippen LogP contribution < -0.4 is 4.74 Å². The highest BCUT2D eigenvalue weighted by Crippen LogP contribution is 2.32. The van der Waals surface area contributed by atoms with Gasteiger partial charge in [-0.2, -0.15) is 0 Å². The molecule has 0 saturated carbocycles. The Kier molecular flexibility index (Phi) is 3.80. The van der Waals surface area contributed by atoms with Crippen molar-refractivity contribution in [3.63, 3.8) is 0 Å². The van der Waals surface area contributed by atoms with Crippen LogP contribution in [0.2, 0.25) is 0 Å². The van der Waals surface area contributed by atoms with Gasteiger partial charge in [0.05, 0.1) is 41.9 Å². The monoisotopic (exact) mass is 389 g/mol. The summed E-state index contributed by atoms with van der Waals surface area (Å²) in [5, 5.41) is 8.45. The van der Waals surface area contributed by atoms with Gasteiger partial charge in [0, 0.05) is 18.1 Å². The highest BCUT2D eigenvalue weighted by Gasteiger charge is 2.28. The van der Waals surface area contributed by atoms with Crippen LogP contribution in [0.1, 0.15) is 33.1 Å². The smallest absolute Gasteiger partial charge is 0.215 e. The van der Waals surface area contributed by atoms with Gasteiger partial charge in [0.25, 0.3) is 0 Å². The number of carbonyl (C=O) groups excluding carboxylic acids is 1. The molecule has 0 spiro atoms. The first kappa shape index (κ1) is 17.3. The van der Waals surface area contributed by atoms with Crippen molar-refractivity contribution in [1.29, 1.82) is 0 Å². The number of aromatic nitrogens is 5.